The van der Waals surface area contributed by atoms with Crippen molar-refractivity contribution >= 4 is 10.9 Å². The number of pyridine rings is 1. The van der Waals surface area contributed by atoms with Crippen LogP contribution in [0.4, 0.5) is 0 Å². The number of ether oxygens (including phenoxy) is 2. The van der Waals surface area contributed by atoms with Crippen LogP contribution < -0.4 is 5.56 Å². The Morgan fingerprint density at radius 3 is 2.50 bits per heavy atom. The summed E-state index contributed by atoms with van der Waals surface area (Å²) in [6.45, 7) is 1.19. The smallest absolute Gasteiger partial charge is 0.256 e. The van der Waals surface area contributed by atoms with Crippen LogP contribution >= 0.6 is 0 Å². The van der Waals surface area contributed by atoms with Gasteiger partial charge in [-0.05, 0) is 17.7 Å². The third-order valence-corrected chi connectivity index (χ3v) is 3.88. The summed E-state index contributed by atoms with van der Waals surface area (Å²) in [6, 6.07) is 17.3. The monoisotopic (exact) mass is 293 g/mol. The van der Waals surface area contributed by atoms with Crippen LogP contribution in [0, 0.1) is 0 Å². The highest BCUT2D eigenvalue weighted by Gasteiger charge is 2.21. The molecule has 0 radical (unpaired) electrons. The van der Waals surface area contributed by atoms with Crippen molar-refractivity contribution < 1.29 is 9.47 Å². The van der Waals surface area contributed by atoms with Crippen molar-refractivity contribution in [2.75, 3.05) is 13.2 Å². The molecule has 1 fully saturated rings. The van der Waals surface area contributed by atoms with Crippen molar-refractivity contribution in [1.29, 1.82) is 0 Å². The van der Waals surface area contributed by atoms with E-state index in [2.05, 4.69) is 4.98 Å². The van der Waals surface area contributed by atoms with Gasteiger partial charge in [0.25, 0.3) is 5.56 Å². The Morgan fingerprint density at radius 1 is 0.955 bits per heavy atom. The number of hydrogen-bond donors (Lipinski definition) is 1. The van der Waals surface area contributed by atoms with Gasteiger partial charge in [0.05, 0.1) is 13.2 Å². The van der Waals surface area contributed by atoms with Crippen molar-refractivity contribution in [3.05, 3.63) is 70.5 Å². The zero-order valence-corrected chi connectivity index (χ0v) is 11.9. The lowest BCUT2D eigenvalue weighted by Gasteiger charge is -2.13. The lowest BCUT2D eigenvalue weighted by Crippen LogP contribution is -2.10. The molecule has 0 unspecified atom stereocenters. The van der Waals surface area contributed by atoms with E-state index in [-0.39, 0.29) is 11.8 Å². The molecule has 1 aliphatic heterocycles. The third-order valence-electron chi connectivity index (χ3n) is 3.88. The predicted molar refractivity (Wildman–Crippen MR) is 84.6 cm³/mol. The van der Waals surface area contributed by atoms with Gasteiger partial charge in [0.15, 0.2) is 6.29 Å². The molecule has 2 heterocycles. The molecule has 4 heteroatoms. The van der Waals surface area contributed by atoms with Gasteiger partial charge in [-0.1, -0.05) is 42.5 Å². The van der Waals surface area contributed by atoms with E-state index in [4.69, 9.17) is 9.47 Å². The molecule has 0 aliphatic carbocycles. The van der Waals surface area contributed by atoms with E-state index in [1.807, 2.05) is 54.6 Å². The molecule has 0 saturated carbocycles. The van der Waals surface area contributed by atoms with E-state index in [0.717, 1.165) is 22.0 Å². The van der Waals surface area contributed by atoms with Gasteiger partial charge in [0, 0.05) is 22.0 Å². The second-order valence-electron chi connectivity index (χ2n) is 5.26. The molecule has 2 aromatic carbocycles. The summed E-state index contributed by atoms with van der Waals surface area (Å²) in [5, 5.41) is 0.952. The number of hydrogen-bond acceptors (Lipinski definition) is 3. The van der Waals surface area contributed by atoms with E-state index in [1.165, 1.54) is 0 Å². The van der Waals surface area contributed by atoms with Crippen LogP contribution in [0.25, 0.3) is 22.0 Å². The normalized spacial score (nSPS) is 15.5. The number of benzene rings is 2. The molecule has 1 N–H and O–H groups in total. The molecule has 4 nitrogen and oxygen atoms in total. The third kappa shape index (κ3) is 2.22. The van der Waals surface area contributed by atoms with E-state index < -0.39 is 0 Å². The number of rotatable bonds is 2. The number of aromatic amines is 1. The van der Waals surface area contributed by atoms with Crippen molar-refractivity contribution in [3.63, 3.8) is 0 Å². The Morgan fingerprint density at radius 2 is 1.73 bits per heavy atom. The van der Waals surface area contributed by atoms with Crippen LogP contribution in [-0.2, 0) is 9.47 Å². The average Bonchev–Trinajstić information content (AvgIpc) is 3.08. The number of aromatic nitrogens is 1. The van der Waals surface area contributed by atoms with Crippen molar-refractivity contribution in [1.82, 2.24) is 4.98 Å². The van der Waals surface area contributed by atoms with Crippen molar-refractivity contribution in [3.8, 4) is 11.1 Å². The lowest BCUT2D eigenvalue weighted by molar-refractivity contribution is -0.0430. The summed E-state index contributed by atoms with van der Waals surface area (Å²) in [5.41, 5.74) is 3.20. The first-order valence-corrected chi connectivity index (χ1v) is 7.27. The molecule has 1 aromatic heterocycles. The minimum atomic E-state index is -0.363. The van der Waals surface area contributed by atoms with Gasteiger partial charge in [0.1, 0.15) is 0 Å². The van der Waals surface area contributed by atoms with E-state index in [9.17, 15) is 4.79 Å². The largest absolute Gasteiger partial charge is 0.346 e. The standard InChI is InChI=1S/C18H15NO3/c20-17-14(12-5-2-1-3-6-12)11-15-13(18-21-9-10-22-18)7-4-8-16(15)19-17/h1-8,11,18H,9-10H2,(H,19,20). The van der Waals surface area contributed by atoms with Gasteiger partial charge in [0.2, 0.25) is 0 Å². The van der Waals surface area contributed by atoms with Gasteiger partial charge in [-0.15, -0.1) is 0 Å². The summed E-state index contributed by atoms with van der Waals surface area (Å²) < 4.78 is 11.2. The molecule has 0 spiro atoms. The summed E-state index contributed by atoms with van der Waals surface area (Å²) in [7, 11) is 0. The Kier molecular flexibility index (Phi) is 3.25. The minimum absolute atomic E-state index is 0.0934. The average molecular weight is 293 g/mol. The van der Waals surface area contributed by atoms with E-state index in [1.54, 1.807) is 0 Å². The molecule has 3 aromatic rings. The SMILES string of the molecule is O=c1[nH]c2cccc(C3OCCO3)c2cc1-c1ccccc1. The molecule has 22 heavy (non-hydrogen) atoms. The van der Waals surface area contributed by atoms with Crippen LogP contribution in [0.1, 0.15) is 11.9 Å². The minimum Gasteiger partial charge on any atom is -0.346 e. The highest BCUT2D eigenvalue weighted by atomic mass is 16.7. The van der Waals surface area contributed by atoms with Gasteiger partial charge >= 0.3 is 0 Å². The van der Waals surface area contributed by atoms with Gasteiger partial charge in [-0.3, -0.25) is 4.79 Å². The Balaban J connectivity index is 1.94. The van der Waals surface area contributed by atoms with Crippen LogP contribution in [0.2, 0.25) is 0 Å². The quantitative estimate of drug-likeness (QED) is 0.789. The molecule has 0 amide bonds. The lowest BCUT2D eigenvalue weighted by atomic mass is 10.0. The Hall–Kier alpha value is -2.43. The van der Waals surface area contributed by atoms with Crippen molar-refractivity contribution in [2.45, 2.75) is 6.29 Å². The molecule has 1 saturated heterocycles. The first-order chi connectivity index (χ1) is 10.8. The fraction of sp³-hybridized carbons (Fsp3) is 0.167. The van der Waals surface area contributed by atoms with Crippen LogP contribution in [0.15, 0.2) is 59.4 Å². The van der Waals surface area contributed by atoms with E-state index in [0.29, 0.717) is 18.8 Å². The molecule has 110 valence electrons. The van der Waals surface area contributed by atoms with Gasteiger partial charge < -0.3 is 14.5 Å². The molecular formula is C18H15NO3. The molecule has 4 rings (SSSR count). The van der Waals surface area contributed by atoms with E-state index >= 15 is 0 Å². The highest BCUT2D eigenvalue weighted by molar-refractivity contribution is 5.86. The van der Waals surface area contributed by atoms with Crippen LogP contribution in [-0.4, -0.2) is 18.2 Å². The maximum absolute atomic E-state index is 12.3. The maximum Gasteiger partial charge on any atom is 0.256 e. The topological polar surface area (TPSA) is 51.3 Å². The summed E-state index contributed by atoms with van der Waals surface area (Å²) >= 11 is 0. The second-order valence-corrected chi connectivity index (χ2v) is 5.26. The fourth-order valence-electron chi connectivity index (χ4n) is 2.83. The van der Waals surface area contributed by atoms with Crippen LogP contribution in [0.5, 0.6) is 0 Å². The Labute approximate surface area is 127 Å². The Bertz CT molecular complexity index is 864. The number of nitrogens with one attached hydrogen (secondary N) is 1. The van der Waals surface area contributed by atoms with Crippen LogP contribution in [0.3, 0.4) is 0 Å². The zero-order chi connectivity index (χ0) is 14.9. The molecule has 0 atom stereocenters. The zero-order valence-electron chi connectivity index (χ0n) is 11.9. The first-order valence-electron chi connectivity index (χ1n) is 7.27. The van der Waals surface area contributed by atoms with Gasteiger partial charge in [-0.25, -0.2) is 0 Å². The fourth-order valence-corrected chi connectivity index (χ4v) is 2.83. The summed E-state index contributed by atoms with van der Waals surface area (Å²) in [6.07, 6.45) is -0.363. The molecule has 0 bridgehead atoms. The number of fused-ring (bicyclic) bond motifs is 1. The predicted octanol–water partition coefficient (Wildman–Crippen LogP) is 3.24. The highest BCUT2D eigenvalue weighted by Crippen LogP contribution is 2.30. The molecular weight excluding hydrogens is 278 g/mol. The second kappa shape index (κ2) is 5.40. The van der Waals surface area contributed by atoms with Crippen molar-refractivity contribution in [2.24, 2.45) is 0 Å². The van der Waals surface area contributed by atoms with Gasteiger partial charge in [-0.2, -0.15) is 0 Å². The first kappa shape index (κ1) is 13.2. The maximum atomic E-state index is 12.3. The summed E-state index contributed by atoms with van der Waals surface area (Å²) in [4.78, 5) is 15.3. The number of H-pyrrole nitrogens is 1. The summed E-state index contributed by atoms with van der Waals surface area (Å²) in [5.74, 6) is 0. The molecule has 1 aliphatic rings.